The number of anilines is 1. The molecule has 3 nitrogen and oxygen atoms in total. The van der Waals surface area contributed by atoms with Crippen molar-refractivity contribution in [3.8, 4) is 5.75 Å². The number of benzene rings is 2. The predicted octanol–water partition coefficient (Wildman–Crippen LogP) is 4.71. The van der Waals surface area contributed by atoms with E-state index in [1.165, 1.54) is 11.1 Å². The van der Waals surface area contributed by atoms with Gasteiger partial charge in [0, 0.05) is 10.7 Å². The first-order valence-corrected chi connectivity index (χ1v) is 8.26. The smallest absolute Gasteiger partial charge is 0.171 e. The molecule has 2 aromatic carbocycles. The Bertz CT molecular complexity index is 673. The molecule has 0 saturated heterocycles. The molecule has 0 aliphatic carbocycles. The highest BCUT2D eigenvalue weighted by molar-refractivity contribution is 7.80. The van der Waals surface area contributed by atoms with Gasteiger partial charge in [0.1, 0.15) is 12.4 Å². The van der Waals surface area contributed by atoms with Crippen molar-refractivity contribution in [1.82, 2.24) is 5.32 Å². The Hall–Kier alpha value is -1.78. The molecule has 0 aliphatic heterocycles. The Balaban J connectivity index is 1.79. The normalized spacial score (nSPS) is 11.7. The zero-order chi connectivity index (χ0) is 16.8. The van der Waals surface area contributed by atoms with Crippen LogP contribution in [0.1, 0.15) is 18.1 Å². The van der Waals surface area contributed by atoms with E-state index < -0.39 is 0 Å². The first-order valence-electron chi connectivity index (χ1n) is 7.47. The lowest BCUT2D eigenvalue weighted by Gasteiger charge is -2.18. The Morgan fingerprint density at radius 1 is 1.13 bits per heavy atom. The number of thiocarbonyl (C=S) groups is 1. The molecule has 0 saturated carbocycles. The molecule has 0 amide bonds. The minimum atomic E-state index is 0.0870. The summed E-state index contributed by atoms with van der Waals surface area (Å²) in [6.45, 7) is 6.72. The van der Waals surface area contributed by atoms with Crippen LogP contribution in [0.3, 0.4) is 0 Å². The fraction of sp³-hybridized carbons (Fsp3) is 0.278. The van der Waals surface area contributed by atoms with E-state index in [2.05, 4.69) is 30.5 Å². The van der Waals surface area contributed by atoms with Crippen molar-refractivity contribution >= 4 is 34.6 Å². The van der Waals surface area contributed by atoms with Gasteiger partial charge in [-0.1, -0.05) is 17.7 Å². The van der Waals surface area contributed by atoms with Gasteiger partial charge in [-0.05, 0) is 80.5 Å². The molecule has 2 rings (SSSR count). The van der Waals surface area contributed by atoms with E-state index in [1.807, 2.05) is 43.3 Å². The summed E-state index contributed by atoms with van der Waals surface area (Å²) in [5, 5.41) is 7.58. The molecule has 2 N–H and O–H groups in total. The Labute approximate surface area is 148 Å². The number of hydrogen-bond acceptors (Lipinski definition) is 2. The fourth-order valence-electron chi connectivity index (χ4n) is 1.99. The van der Waals surface area contributed by atoms with Crippen LogP contribution >= 0.6 is 23.8 Å². The van der Waals surface area contributed by atoms with Crippen LogP contribution in [-0.4, -0.2) is 17.8 Å². The molecule has 0 heterocycles. The Kier molecular flexibility index (Phi) is 6.25. The number of ether oxygens (including phenoxy) is 1. The van der Waals surface area contributed by atoms with Crippen molar-refractivity contribution in [2.45, 2.75) is 26.8 Å². The molecular formula is C18H21ClN2OS. The van der Waals surface area contributed by atoms with Crippen molar-refractivity contribution in [2.75, 3.05) is 11.9 Å². The van der Waals surface area contributed by atoms with Crippen LogP contribution in [0, 0.1) is 13.8 Å². The average molecular weight is 349 g/mol. The van der Waals surface area contributed by atoms with E-state index in [0.717, 1.165) is 11.4 Å². The molecular weight excluding hydrogens is 328 g/mol. The van der Waals surface area contributed by atoms with Gasteiger partial charge in [-0.3, -0.25) is 0 Å². The van der Waals surface area contributed by atoms with E-state index in [9.17, 15) is 0 Å². The molecule has 0 radical (unpaired) electrons. The van der Waals surface area contributed by atoms with E-state index >= 15 is 0 Å². The van der Waals surface area contributed by atoms with Gasteiger partial charge in [-0.15, -0.1) is 0 Å². The Morgan fingerprint density at radius 2 is 1.83 bits per heavy atom. The minimum absolute atomic E-state index is 0.0870. The van der Waals surface area contributed by atoms with Gasteiger partial charge in [0.2, 0.25) is 0 Å². The van der Waals surface area contributed by atoms with Crippen molar-refractivity contribution in [3.05, 3.63) is 58.6 Å². The van der Waals surface area contributed by atoms with Gasteiger partial charge in [-0.25, -0.2) is 0 Å². The van der Waals surface area contributed by atoms with Gasteiger partial charge in [0.05, 0.1) is 6.04 Å². The third-order valence-electron chi connectivity index (χ3n) is 3.46. The third kappa shape index (κ3) is 5.73. The standard InChI is InChI=1S/C18H21ClN2OS/c1-12-4-9-17(10-13(12)2)22-11-14(3)20-18(23)21-16-7-5-15(19)6-8-16/h4-10,14H,11H2,1-3H3,(H2,20,21,23)/t14-/m0/s1. The minimum Gasteiger partial charge on any atom is -0.491 e. The second kappa shape index (κ2) is 8.18. The first kappa shape index (κ1) is 17.6. The summed E-state index contributed by atoms with van der Waals surface area (Å²) >= 11 is 11.2. The van der Waals surface area contributed by atoms with Gasteiger partial charge in [0.25, 0.3) is 0 Å². The molecule has 23 heavy (non-hydrogen) atoms. The van der Waals surface area contributed by atoms with Crippen LogP contribution < -0.4 is 15.4 Å². The molecule has 0 aromatic heterocycles. The maximum absolute atomic E-state index is 5.86. The summed E-state index contributed by atoms with van der Waals surface area (Å²) in [4.78, 5) is 0. The highest BCUT2D eigenvalue weighted by Gasteiger charge is 2.06. The van der Waals surface area contributed by atoms with Crippen molar-refractivity contribution < 1.29 is 4.74 Å². The van der Waals surface area contributed by atoms with Crippen molar-refractivity contribution in [1.29, 1.82) is 0 Å². The number of nitrogens with one attached hydrogen (secondary N) is 2. The molecule has 0 unspecified atom stereocenters. The molecule has 122 valence electrons. The molecule has 2 aromatic rings. The average Bonchev–Trinajstić information content (AvgIpc) is 2.51. The third-order valence-corrected chi connectivity index (χ3v) is 3.93. The highest BCUT2D eigenvalue weighted by atomic mass is 35.5. The molecule has 0 spiro atoms. The summed E-state index contributed by atoms with van der Waals surface area (Å²) in [7, 11) is 0. The largest absolute Gasteiger partial charge is 0.491 e. The predicted molar refractivity (Wildman–Crippen MR) is 102 cm³/mol. The van der Waals surface area contributed by atoms with Crippen LogP contribution in [0.2, 0.25) is 5.02 Å². The maximum Gasteiger partial charge on any atom is 0.171 e. The van der Waals surface area contributed by atoms with Crippen LogP contribution in [0.15, 0.2) is 42.5 Å². The van der Waals surface area contributed by atoms with E-state index in [1.54, 1.807) is 0 Å². The van der Waals surface area contributed by atoms with Crippen molar-refractivity contribution in [3.63, 3.8) is 0 Å². The SMILES string of the molecule is Cc1ccc(OC[C@H](C)NC(=S)Nc2ccc(Cl)cc2)cc1C. The van der Waals surface area contributed by atoms with Crippen molar-refractivity contribution in [2.24, 2.45) is 0 Å². The molecule has 0 bridgehead atoms. The number of aryl methyl sites for hydroxylation is 2. The fourth-order valence-corrected chi connectivity index (χ4v) is 2.44. The zero-order valence-electron chi connectivity index (χ0n) is 13.5. The summed E-state index contributed by atoms with van der Waals surface area (Å²) < 4.78 is 5.80. The van der Waals surface area contributed by atoms with Gasteiger partial charge >= 0.3 is 0 Å². The quantitative estimate of drug-likeness (QED) is 0.766. The molecule has 1 atom stereocenters. The lowest BCUT2D eigenvalue weighted by Crippen LogP contribution is -2.39. The summed E-state index contributed by atoms with van der Waals surface area (Å²) in [6, 6.07) is 13.6. The first-order chi connectivity index (χ1) is 10.9. The number of hydrogen-bond donors (Lipinski definition) is 2. The lowest BCUT2D eigenvalue weighted by molar-refractivity contribution is 0.287. The lowest BCUT2D eigenvalue weighted by atomic mass is 10.1. The van der Waals surface area contributed by atoms with E-state index in [4.69, 9.17) is 28.6 Å². The van der Waals surface area contributed by atoms with Crippen LogP contribution in [-0.2, 0) is 0 Å². The van der Waals surface area contributed by atoms with Gasteiger partial charge < -0.3 is 15.4 Å². The monoisotopic (exact) mass is 348 g/mol. The van der Waals surface area contributed by atoms with E-state index in [-0.39, 0.29) is 6.04 Å². The summed E-state index contributed by atoms with van der Waals surface area (Å²) in [6.07, 6.45) is 0. The second-order valence-electron chi connectivity index (χ2n) is 5.56. The summed E-state index contributed by atoms with van der Waals surface area (Å²) in [5.41, 5.74) is 3.38. The van der Waals surface area contributed by atoms with Crippen LogP contribution in [0.25, 0.3) is 0 Å². The summed E-state index contributed by atoms with van der Waals surface area (Å²) in [5.74, 6) is 0.873. The Morgan fingerprint density at radius 3 is 2.48 bits per heavy atom. The maximum atomic E-state index is 5.86. The molecule has 0 aliphatic rings. The van der Waals surface area contributed by atoms with Gasteiger partial charge in [0.15, 0.2) is 5.11 Å². The van der Waals surface area contributed by atoms with Crippen LogP contribution in [0.4, 0.5) is 5.69 Å². The number of rotatable bonds is 5. The van der Waals surface area contributed by atoms with E-state index in [0.29, 0.717) is 16.7 Å². The molecule has 5 heteroatoms. The number of halogens is 1. The topological polar surface area (TPSA) is 33.3 Å². The van der Waals surface area contributed by atoms with Gasteiger partial charge in [-0.2, -0.15) is 0 Å². The second-order valence-corrected chi connectivity index (χ2v) is 6.41. The molecule has 0 fully saturated rings. The zero-order valence-corrected chi connectivity index (χ0v) is 15.1. The van der Waals surface area contributed by atoms with Crippen LogP contribution in [0.5, 0.6) is 5.75 Å². The highest BCUT2D eigenvalue weighted by Crippen LogP contribution is 2.16.